The lowest BCUT2D eigenvalue weighted by molar-refractivity contribution is 0.350. The molecule has 0 aromatic carbocycles. The van der Waals surface area contributed by atoms with Crippen LogP contribution in [0.1, 0.15) is 13.8 Å². The van der Waals surface area contributed by atoms with Crippen molar-refractivity contribution in [1.29, 1.82) is 0 Å². The first-order chi connectivity index (χ1) is 4.21. The number of hydrogen-bond donors (Lipinski definition) is 3. The summed E-state index contributed by atoms with van der Waals surface area (Å²) < 4.78 is 0. The molecule has 1 rings (SSSR count). The Kier molecular flexibility index (Phi) is 2.05. The molecule has 0 saturated carbocycles. The first-order valence-electron chi connectivity index (χ1n) is 3.37. The highest BCUT2D eigenvalue weighted by molar-refractivity contribution is 4.74. The fourth-order valence-corrected chi connectivity index (χ4v) is 0.890. The minimum atomic E-state index is 0.378. The Hall–Kier alpha value is -0.120. The first-order valence-corrected chi connectivity index (χ1v) is 3.37. The summed E-state index contributed by atoms with van der Waals surface area (Å²) in [7, 11) is 0. The Labute approximate surface area is 56.2 Å². The minimum absolute atomic E-state index is 0.378. The second kappa shape index (κ2) is 2.64. The molecule has 0 aromatic rings. The second-order valence-corrected chi connectivity index (χ2v) is 3.30. The van der Waals surface area contributed by atoms with Gasteiger partial charge in [0.25, 0.3) is 0 Å². The molecule has 1 aliphatic rings. The number of hydrogen-bond acceptors (Lipinski definition) is 3. The van der Waals surface area contributed by atoms with E-state index < -0.39 is 0 Å². The minimum Gasteiger partial charge on any atom is -0.303 e. The molecule has 1 saturated heterocycles. The van der Waals surface area contributed by atoms with Gasteiger partial charge in [-0.1, -0.05) is 13.8 Å². The number of nitrogens with one attached hydrogen (secondary N) is 3. The highest BCUT2D eigenvalue weighted by Crippen LogP contribution is 2.11. The maximum Gasteiger partial charge on any atom is 0.0590 e. The van der Waals surface area contributed by atoms with Crippen molar-refractivity contribution in [3.8, 4) is 0 Å². The van der Waals surface area contributed by atoms with Gasteiger partial charge < -0.3 is 5.32 Å². The Morgan fingerprint density at radius 3 is 2.67 bits per heavy atom. The van der Waals surface area contributed by atoms with E-state index in [1.54, 1.807) is 0 Å². The maximum absolute atomic E-state index is 3.26. The highest BCUT2D eigenvalue weighted by Gasteiger charge is 2.18. The van der Waals surface area contributed by atoms with E-state index in [1.807, 2.05) is 0 Å². The topological polar surface area (TPSA) is 36.1 Å². The van der Waals surface area contributed by atoms with E-state index >= 15 is 0 Å². The van der Waals surface area contributed by atoms with Crippen LogP contribution in [-0.2, 0) is 0 Å². The van der Waals surface area contributed by atoms with Gasteiger partial charge in [0.15, 0.2) is 0 Å². The van der Waals surface area contributed by atoms with Gasteiger partial charge in [0.2, 0.25) is 0 Å². The van der Waals surface area contributed by atoms with Crippen LogP contribution in [0.15, 0.2) is 0 Å². The van der Waals surface area contributed by atoms with Crippen molar-refractivity contribution in [2.24, 2.45) is 5.41 Å². The average molecular weight is 129 g/mol. The Morgan fingerprint density at radius 2 is 1.89 bits per heavy atom. The van der Waals surface area contributed by atoms with E-state index in [0.29, 0.717) is 5.41 Å². The molecule has 0 amide bonds. The summed E-state index contributed by atoms with van der Waals surface area (Å²) in [5, 5.41) is 3.26. The third kappa shape index (κ3) is 2.30. The Balaban J connectivity index is 2.36. The SMILES string of the molecule is CC1(C)CNCNNC1. The predicted molar refractivity (Wildman–Crippen MR) is 37.8 cm³/mol. The van der Waals surface area contributed by atoms with E-state index in [9.17, 15) is 0 Å². The van der Waals surface area contributed by atoms with Gasteiger partial charge in [0.1, 0.15) is 0 Å². The summed E-state index contributed by atoms with van der Waals surface area (Å²) in [4.78, 5) is 0. The van der Waals surface area contributed by atoms with Gasteiger partial charge in [-0.2, -0.15) is 0 Å². The zero-order valence-corrected chi connectivity index (χ0v) is 6.12. The Morgan fingerprint density at radius 1 is 1.11 bits per heavy atom. The molecule has 0 radical (unpaired) electrons. The van der Waals surface area contributed by atoms with Crippen molar-refractivity contribution < 1.29 is 0 Å². The summed E-state index contributed by atoms with van der Waals surface area (Å²) in [6.45, 7) is 7.44. The molecule has 0 bridgehead atoms. The van der Waals surface area contributed by atoms with Gasteiger partial charge in [-0.3, -0.25) is 5.43 Å². The van der Waals surface area contributed by atoms with Crippen molar-refractivity contribution in [2.75, 3.05) is 19.8 Å². The van der Waals surface area contributed by atoms with Gasteiger partial charge in [0, 0.05) is 13.1 Å². The molecule has 0 spiro atoms. The molecule has 0 unspecified atom stereocenters. The van der Waals surface area contributed by atoms with Crippen LogP contribution in [0.2, 0.25) is 0 Å². The van der Waals surface area contributed by atoms with Gasteiger partial charge in [-0.15, -0.1) is 0 Å². The first kappa shape index (κ1) is 6.99. The van der Waals surface area contributed by atoms with Gasteiger partial charge >= 0.3 is 0 Å². The summed E-state index contributed by atoms with van der Waals surface area (Å²) >= 11 is 0. The lowest BCUT2D eigenvalue weighted by Gasteiger charge is -2.20. The van der Waals surface area contributed by atoms with E-state index in [1.165, 1.54) is 0 Å². The molecule has 3 heteroatoms. The number of hydrazine groups is 1. The standard InChI is InChI=1S/C6H15N3/c1-6(2)3-7-5-9-8-4-6/h7-9H,3-5H2,1-2H3. The quantitative estimate of drug-likeness (QED) is 0.419. The summed E-state index contributed by atoms with van der Waals surface area (Å²) in [5.74, 6) is 0. The maximum atomic E-state index is 3.26. The molecule has 1 fully saturated rings. The Bertz CT molecular complexity index is 80.3. The second-order valence-electron chi connectivity index (χ2n) is 3.30. The summed E-state index contributed by atoms with van der Waals surface area (Å²) in [6.07, 6.45) is 0. The molecule has 0 aliphatic carbocycles. The molecule has 1 aliphatic heterocycles. The predicted octanol–water partition coefficient (Wildman–Crippen LogP) is -0.332. The molecule has 54 valence electrons. The lowest BCUT2D eigenvalue weighted by Crippen LogP contribution is -2.36. The fraction of sp³-hybridized carbons (Fsp3) is 1.00. The van der Waals surface area contributed by atoms with Crippen molar-refractivity contribution in [1.82, 2.24) is 16.2 Å². The summed E-state index contributed by atoms with van der Waals surface area (Å²) in [5.41, 5.74) is 6.55. The van der Waals surface area contributed by atoms with Crippen LogP contribution in [0, 0.1) is 5.41 Å². The van der Waals surface area contributed by atoms with Crippen molar-refractivity contribution in [3.05, 3.63) is 0 Å². The normalized spacial score (nSPS) is 27.3. The van der Waals surface area contributed by atoms with Gasteiger partial charge in [-0.05, 0) is 5.41 Å². The van der Waals surface area contributed by atoms with E-state index in [4.69, 9.17) is 0 Å². The van der Waals surface area contributed by atoms with Gasteiger partial charge in [0.05, 0.1) is 6.67 Å². The van der Waals surface area contributed by atoms with Crippen LogP contribution >= 0.6 is 0 Å². The van der Waals surface area contributed by atoms with E-state index in [0.717, 1.165) is 19.8 Å². The molecule has 1 heterocycles. The molecule has 3 nitrogen and oxygen atoms in total. The molecule has 0 aromatic heterocycles. The van der Waals surface area contributed by atoms with Crippen LogP contribution in [-0.4, -0.2) is 19.8 Å². The molecule has 3 N–H and O–H groups in total. The van der Waals surface area contributed by atoms with E-state index in [-0.39, 0.29) is 0 Å². The van der Waals surface area contributed by atoms with Crippen molar-refractivity contribution >= 4 is 0 Å². The molecular formula is C6H15N3. The van der Waals surface area contributed by atoms with Crippen LogP contribution < -0.4 is 16.2 Å². The third-order valence-electron chi connectivity index (χ3n) is 1.51. The molecule has 9 heavy (non-hydrogen) atoms. The third-order valence-corrected chi connectivity index (χ3v) is 1.51. The van der Waals surface area contributed by atoms with Crippen LogP contribution in [0.25, 0.3) is 0 Å². The zero-order chi connectivity index (χ0) is 6.74. The summed E-state index contributed by atoms with van der Waals surface area (Å²) in [6, 6.07) is 0. The van der Waals surface area contributed by atoms with Crippen LogP contribution in [0.5, 0.6) is 0 Å². The fourth-order valence-electron chi connectivity index (χ4n) is 0.890. The smallest absolute Gasteiger partial charge is 0.0590 e. The zero-order valence-electron chi connectivity index (χ0n) is 6.12. The lowest BCUT2D eigenvalue weighted by atomic mass is 9.94. The molecule has 0 atom stereocenters. The molecular weight excluding hydrogens is 114 g/mol. The van der Waals surface area contributed by atoms with E-state index in [2.05, 4.69) is 30.0 Å². The van der Waals surface area contributed by atoms with Gasteiger partial charge in [-0.25, -0.2) is 5.43 Å². The average Bonchev–Trinajstić information content (AvgIpc) is 1.92. The van der Waals surface area contributed by atoms with Crippen molar-refractivity contribution in [3.63, 3.8) is 0 Å². The van der Waals surface area contributed by atoms with Crippen LogP contribution in [0.3, 0.4) is 0 Å². The number of rotatable bonds is 0. The largest absolute Gasteiger partial charge is 0.303 e. The highest BCUT2D eigenvalue weighted by atomic mass is 15.4. The van der Waals surface area contributed by atoms with Crippen molar-refractivity contribution in [2.45, 2.75) is 13.8 Å². The monoisotopic (exact) mass is 129 g/mol. The van der Waals surface area contributed by atoms with Crippen LogP contribution in [0.4, 0.5) is 0 Å².